The van der Waals surface area contributed by atoms with Gasteiger partial charge in [0.2, 0.25) is 0 Å². The molecule has 0 atom stereocenters. The maximum atomic E-state index is 6.14. The van der Waals surface area contributed by atoms with E-state index in [0.29, 0.717) is 11.6 Å². The number of rotatable bonds is 4. The molecule has 43 heavy (non-hydrogen) atoms. The molecule has 0 saturated heterocycles. The third-order valence-corrected chi connectivity index (χ3v) is 7.66. The molecular weight excluding hydrogens is 575 g/mol. The molecule has 5 nitrogen and oxygen atoms in total. The zero-order valence-corrected chi connectivity index (χ0v) is 26.6. The summed E-state index contributed by atoms with van der Waals surface area (Å²) in [7, 11) is 6.03. The number of hydrogen-bond acceptors (Lipinski definition) is 3. The summed E-state index contributed by atoms with van der Waals surface area (Å²) in [5, 5.41) is 4.01. The normalized spacial score (nSPS) is 14.1. The quantitative estimate of drug-likeness (QED) is 0.260. The largest absolute Gasteiger partial charge is 0.412 e. The molecule has 4 aromatic rings. The summed E-state index contributed by atoms with van der Waals surface area (Å²) in [6, 6.07) is 33.6. The Morgan fingerprint density at radius 1 is 0.837 bits per heavy atom. The van der Waals surface area contributed by atoms with Crippen LogP contribution in [0.5, 0.6) is 0 Å². The van der Waals surface area contributed by atoms with Crippen LogP contribution in [0, 0.1) is 0 Å². The molecule has 0 bridgehead atoms. The van der Waals surface area contributed by atoms with Crippen LogP contribution in [-0.2, 0) is 12.8 Å². The maximum Gasteiger partial charge on any atom is 0.122 e. The molecule has 0 unspecified atom stereocenters. The number of fused-ring (bicyclic) bond motifs is 3. The van der Waals surface area contributed by atoms with Gasteiger partial charge in [-0.1, -0.05) is 96.5 Å². The Labute approximate surface area is 266 Å². The van der Waals surface area contributed by atoms with Crippen LogP contribution in [0.3, 0.4) is 0 Å². The summed E-state index contributed by atoms with van der Waals surface area (Å²) in [4.78, 5) is 11.2. The van der Waals surface area contributed by atoms with Gasteiger partial charge in [0, 0.05) is 35.4 Å². The molecule has 0 radical (unpaired) electrons. The van der Waals surface area contributed by atoms with Gasteiger partial charge < -0.3 is 15.7 Å². The van der Waals surface area contributed by atoms with Crippen molar-refractivity contribution in [1.29, 1.82) is 0 Å². The first-order chi connectivity index (χ1) is 20.0. The predicted octanol–water partition coefficient (Wildman–Crippen LogP) is 7.40. The molecule has 224 valence electrons. The topological polar surface area (TPSA) is 71.5 Å². The van der Waals surface area contributed by atoms with E-state index in [0.717, 1.165) is 54.2 Å². The Morgan fingerprint density at radius 3 is 2.05 bits per heavy atom. The van der Waals surface area contributed by atoms with Crippen molar-refractivity contribution in [3.05, 3.63) is 142 Å². The van der Waals surface area contributed by atoms with Gasteiger partial charge in [0.15, 0.2) is 0 Å². The summed E-state index contributed by atoms with van der Waals surface area (Å²) >= 11 is 6.14. The van der Waals surface area contributed by atoms with E-state index in [9.17, 15) is 0 Å². The highest BCUT2D eigenvalue weighted by Crippen LogP contribution is 2.33. The van der Waals surface area contributed by atoms with Crippen LogP contribution in [-0.4, -0.2) is 56.2 Å². The van der Waals surface area contributed by atoms with Crippen molar-refractivity contribution < 1.29 is 5.48 Å². The van der Waals surface area contributed by atoms with E-state index in [1.165, 1.54) is 27.8 Å². The SMILES string of the molecule is CN(C)CCC=C1c2ccccc2CCc2ccccc21.CN=C1CN=C(c2ccccc2)c2cc(Cl)ccc2N1.Cl.O. The molecule has 0 amide bonds. The van der Waals surface area contributed by atoms with Gasteiger partial charge in [-0.15, -0.1) is 12.4 Å². The monoisotopic (exact) mass is 614 g/mol. The van der Waals surface area contributed by atoms with E-state index in [1.54, 1.807) is 7.05 Å². The van der Waals surface area contributed by atoms with Crippen molar-refractivity contribution in [1.82, 2.24) is 4.90 Å². The molecule has 6 rings (SSSR count). The van der Waals surface area contributed by atoms with E-state index in [-0.39, 0.29) is 17.9 Å². The van der Waals surface area contributed by atoms with Crippen LogP contribution in [0.25, 0.3) is 5.57 Å². The average Bonchev–Trinajstić information content (AvgIpc) is 3.28. The van der Waals surface area contributed by atoms with Crippen LogP contribution >= 0.6 is 24.0 Å². The third-order valence-electron chi connectivity index (χ3n) is 7.42. The van der Waals surface area contributed by atoms with Gasteiger partial charge in [0.05, 0.1) is 12.3 Å². The van der Waals surface area contributed by atoms with Gasteiger partial charge in [-0.2, -0.15) is 0 Å². The number of hydrogen-bond donors (Lipinski definition) is 1. The van der Waals surface area contributed by atoms with Crippen molar-refractivity contribution in [2.24, 2.45) is 9.98 Å². The fourth-order valence-electron chi connectivity index (χ4n) is 5.33. The number of halogens is 2. The highest BCUT2D eigenvalue weighted by Gasteiger charge is 2.18. The van der Waals surface area contributed by atoms with Crippen molar-refractivity contribution in [3.63, 3.8) is 0 Å². The van der Waals surface area contributed by atoms with Gasteiger partial charge >= 0.3 is 0 Å². The minimum absolute atomic E-state index is 0. The fraction of sp³-hybridized carbons (Fsp3) is 0.222. The lowest BCUT2D eigenvalue weighted by Gasteiger charge is -2.13. The fourth-order valence-corrected chi connectivity index (χ4v) is 5.50. The number of aliphatic imine (C=N–C) groups is 2. The Kier molecular flexibility index (Phi) is 12.7. The number of benzene rings is 4. The van der Waals surface area contributed by atoms with Crippen LogP contribution in [0.2, 0.25) is 5.02 Å². The summed E-state index contributed by atoms with van der Waals surface area (Å²) in [6.07, 6.45) is 5.78. The molecule has 0 saturated carbocycles. The molecule has 1 aliphatic heterocycles. The van der Waals surface area contributed by atoms with E-state index in [4.69, 9.17) is 16.6 Å². The number of aryl methyl sites for hydroxylation is 2. The second-order valence-corrected chi connectivity index (χ2v) is 11.0. The third kappa shape index (κ3) is 8.43. The standard InChI is InChI=1S/C20H23N.C16H14ClN3.ClH.H2O/c1-21(2)15-7-12-20-18-10-5-3-8-16(18)13-14-17-9-4-6-11-19(17)20;1-18-15-10-19-16(11-5-3-2-4-6-11)13-9-12(17)7-8-14(13)20-15;;/h3-6,8-12H,7,13-15H2,1-2H3;2-9H,10H2,1H3,(H,18,20);1H;1H2. The van der Waals surface area contributed by atoms with Crippen molar-refractivity contribution in [2.45, 2.75) is 19.3 Å². The molecule has 3 N–H and O–H groups in total. The molecule has 1 aliphatic carbocycles. The van der Waals surface area contributed by atoms with Gasteiger partial charge in [0.25, 0.3) is 0 Å². The van der Waals surface area contributed by atoms with E-state index >= 15 is 0 Å². The van der Waals surface area contributed by atoms with Crippen molar-refractivity contribution >= 4 is 46.8 Å². The lowest BCUT2D eigenvalue weighted by molar-refractivity contribution is 0.417. The Morgan fingerprint density at radius 2 is 1.44 bits per heavy atom. The lowest BCUT2D eigenvalue weighted by atomic mass is 9.93. The van der Waals surface area contributed by atoms with E-state index < -0.39 is 0 Å². The highest BCUT2D eigenvalue weighted by molar-refractivity contribution is 6.32. The van der Waals surface area contributed by atoms with E-state index in [1.807, 2.05) is 36.4 Å². The average molecular weight is 616 g/mol. The molecule has 7 heteroatoms. The van der Waals surface area contributed by atoms with Gasteiger partial charge in [-0.05, 0) is 79.4 Å². The van der Waals surface area contributed by atoms with Crippen LogP contribution in [0.15, 0.2) is 113 Å². The minimum atomic E-state index is 0. The Balaban J connectivity index is 0.000000225. The number of benzodiazepines with no additional fused rings is 1. The molecule has 0 spiro atoms. The second kappa shape index (κ2) is 16.2. The van der Waals surface area contributed by atoms with Crippen LogP contribution in [0.4, 0.5) is 5.69 Å². The zero-order chi connectivity index (χ0) is 28.6. The number of nitrogens with zero attached hydrogens (tertiary/aromatic N) is 3. The maximum absolute atomic E-state index is 6.14. The molecule has 0 fully saturated rings. The molecule has 1 heterocycles. The molecule has 0 aromatic heterocycles. The van der Waals surface area contributed by atoms with Gasteiger partial charge in [0.1, 0.15) is 5.84 Å². The Hall–Kier alpha value is -3.74. The number of nitrogens with one attached hydrogen (secondary N) is 1. The first-order valence-electron chi connectivity index (χ1n) is 14.2. The Bertz CT molecular complexity index is 1550. The van der Waals surface area contributed by atoms with Crippen molar-refractivity contribution in [3.8, 4) is 0 Å². The highest BCUT2D eigenvalue weighted by atomic mass is 35.5. The number of amidine groups is 1. The molecular formula is C36H40Cl2N4O. The first kappa shape index (κ1) is 33.8. The van der Waals surface area contributed by atoms with Gasteiger partial charge in [-0.25, -0.2) is 0 Å². The lowest BCUT2D eigenvalue weighted by Crippen LogP contribution is -2.14. The first-order valence-corrected chi connectivity index (χ1v) is 14.5. The smallest absolute Gasteiger partial charge is 0.122 e. The van der Waals surface area contributed by atoms with Crippen LogP contribution < -0.4 is 5.32 Å². The number of anilines is 1. The van der Waals surface area contributed by atoms with Gasteiger partial charge in [-0.3, -0.25) is 9.98 Å². The second-order valence-electron chi connectivity index (χ2n) is 10.5. The summed E-state index contributed by atoms with van der Waals surface area (Å²) < 4.78 is 0. The minimum Gasteiger partial charge on any atom is -0.412 e. The van der Waals surface area contributed by atoms with E-state index in [2.05, 4.69) is 96.0 Å². The van der Waals surface area contributed by atoms with Crippen molar-refractivity contribution in [2.75, 3.05) is 39.5 Å². The molecule has 4 aromatic carbocycles. The summed E-state index contributed by atoms with van der Waals surface area (Å²) in [5.41, 5.74) is 11.2. The summed E-state index contributed by atoms with van der Waals surface area (Å²) in [6.45, 7) is 1.63. The van der Waals surface area contributed by atoms with Crippen LogP contribution in [0.1, 0.15) is 39.8 Å². The predicted molar refractivity (Wildman–Crippen MR) is 187 cm³/mol. The molecule has 2 aliphatic rings. The summed E-state index contributed by atoms with van der Waals surface area (Å²) in [5.74, 6) is 0.847. The zero-order valence-electron chi connectivity index (χ0n) is 25.0.